The van der Waals surface area contributed by atoms with E-state index in [2.05, 4.69) is 33.0 Å². The average Bonchev–Trinajstić information content (AvgIpc) is 2.76. The Morgan fingerprint density at radius 2 is 1.75 bits per heavy atom. The number of piperidine rings is 2. The molecule has 2 aromatic rings. The molecular weight excluding hydrogens is 370 g/mol. The van der Waals surface area contributed by atoms with Gasteiger partial charge in [-0.3, -0.25) is 0 Å². The second-order valence-corrected chi connectivity index (χ2v) is 8.46. The number of nitrogens with zero attached hydrogens (tertiary/aromatic N) is 3. The van der Waals surface area contributed by atoms with Crippen LogP contribution in [0.3, 0.4) is 0 Å². The van der Waals surface area contributed by atoms with Crippen molar-refractivity contribution in [2.24, 2.45) is 5.92 Å². The molecular formula is C23H30ClN3O. The molecule has 1 aromatic heterocycles. The highest BCUT2D eigenvalue weighted by molar-refractivity contribution is 6.31. The lowest BCUT2D eigenvalue weighted by Gasteiger charge is -2.42. The quantitative estimate of drug-likeness (QED) is 0.730. The van der Waals surface area contributed by atoms with Gasteiger partial charge in [0.05, 0.1) is 19.0 Å². The minimum absolute atomic E-state index is 0.679. The predicted octanol–water partition coefficient (Wildman–Crippen LogP) is 4.67. The molecule has 0 saturated carbocycles. The van der Waals surface area contributed by atoms with E-state index < -0.39 is 0 Å². The maximum absolute atomic E-state index is 6.35. The summed E-state index contributed by atoms with van der Waals surface area (Å²) in [6.45, 7) is 4.67. The Hall–Kier alpha value is -1.78. The van der Waals surface area contributed by atoms with Gasteiger partial charge < -0.3 is 14.5 Å². The van der Waals surface area contributed by atoms with Crippen LogP contribution in [0.5, 0.6) is 5.88 Å². The molecule has 0 radical (unpaired) electrons. The van der Waals surface area contributed by atoms with Crippen molar-refractivity contribution in [3.8, 4) is 5.88 Å². The van der Waals surface area contributed by atoms with E-state index >= 15 is 0 Å². The van der Waals surface area contributed by atoms with Crippen LogP contribution in [-0.2, 0) is 6.42 Å². The highest BCUT2D eigenvalue weighted by Gasteiger charge is 2.28. The van der Waals surface area contributed by atoms with Crippen LogP contribution in [0.1, 0.15) is 31.2 Å². The molecule has 0 amide bonds. The summed E-state index contributed by atoms with van der Waals surface area (Å²) in [6.07, 6.45) is 8.10. The van der Waals surface area contributed by atoms with E-state index in [1.54, 1.807) is 7.11 Å². The zero-order valence-corrected chi connectivity index (χ0v) is 17.4. The zero-order chi connectivity index (χ0) is 19.3. The first-order chi connectivity index (χ1) is 13.7. The van der Waals surface area contributed by atoms with Crippen LogP contribution in [0.25, 0.3) is 0 Å². The van der Waals surface area contributed by atoms with Crippen molar-refractivity contribution in [3.05, 3.63) is 53.2 Å². The zero-order valence-electron chi connectivity index (χ0n) is 16.7. The number of benzene rings is 1. The Kier molecular flexibility index (Phi) is 6.38. The molecule has 150 valence electrons. The summed E-state index contributed by atoms with van der Waals surface area (Å²) in [5, 5.41) is 0.922. The summed E-state index contributed by atoms with van der Waals surface area (Å²) in [5.74, 6) is 1.44. The molecule has 0 bridgehead atoms. The van der Waals surface area contributed by atoms with Crippen LogP contribution in [0, 0.1) is 5.92 Å². The topological polar surface area (TPSA) is 28.6 Å². The summed E-state index contributed by atoms with van der Waals surface area (Å²) < 4.78 is 5.16. The van der Waals surface area contributed by atoms with Crippen LogP contribution >= 0.6 is 11.6 Å². The first-order valence-electron chi connectivity index (χ1n) is 10.5. The van der Waals surface area contributed by atoms with Gasteiger partial charge in [0.25, 0.3) is 0 Å². The molecule has 5 heteroatoms. The monoisotopic (exact) mass is 399 g/mol. The molecule has 2 aliphatic heterocycles. The van der Waals surface area contributed by atoms with Crippen molar-refractivity contribution in [1.82, 2.24) is 9.88 Å². The minimum Gasteiger partial charge on any atom is -0.481 e. The molecule has 3 heterocycles. The number of methoxy groups -OCH3 is 1. The fourth-order valence-corrected chi connectivity index (χ4v) is 4.88. The van der Waals surface area contributed by atoms with Gasteiger partial charge in [-0.05, 0) is 68.8 Å². The smallest absolute Gasteiger partial charge is 0.213 e. The van der Waals surface area contributed by atoms with Gasteiger partial charge in [-0.25, -0.2) is 4.98 Å². The number of hydrogen-bond donors (Lipinski definition) is 0. The fourth-order valence-electron chi connectivity index (χ4n) is 4.67. The third-order valence-corrected chi connectivity index (χ3v) is 6.76. The Balaban J connectivity index is 1.24. The van der Waals surface area contributed by atoms with Crippen LogP contribution in [0.15, 0.2) is 42.6 Å². The highest BCUT2D eigenvalue weighted by atomic mass is 35.5. The molecule has 4 nitrogen and oxygen atoms in total. The first-order valence-corrected chi connectivity index (χ1v) is 10.8. The molecule has 2 aliphatic rings. The summed E-state index contributed by atoms with van der Waals surface area (Å²) in [7, 11) is 1.66. The van der Waals surface area contributed by atoms with Gasteiger partial charge >= 0.3 is 0 Å². The number of hydrogen-bond acceptors (Lipinski definition) is 4. The van der Waals surface area contributed by atoms with E-state index in [0.717, 1.165) is 36.5 Å². The molecule has 0 atom stereocenters. The summed E-state index contributed by atoms with van der Waals surface area (Å²) in [4.78, 5) is 9.53. The van der Waals surface area contributed by atoms with Crippen molar-refractivity contribution in [1.29, 1.82) is 0 Å². The number of aromatic nitrogens is 1. The van der Waals surface area contributed by atoms with Gasteiger partial charge in [0.2, 0.25) is 5.88 Å². The lowest BCUT2D eigenvalue weighted by Crippen LogP contribution is -2.48. The number of likely N-dealkylation sites (tertiary alicyclic amines) is 1. The van der Waals surface area contributed by atoms with E-state index in [-0.39, 0.29) is 0 Å². The van der Waals surface area contributed by atoms with Crippen molar-refractivity contribution < 1.29 is 4.74 Å². The Morgan fingerprint density at radius 3 is 2.39 bits per heavy atom. The summed E-state index contributed by atoms with van der Waals surface area (Å²) in [6, 6.07) is 13.1. The largest absolute Gasteiger partial charge is 0.481 e. The number of pyridine rings is 1. The number of rotatable bonds is 5. The van der Waals surface area contributed by atoms with Crippen LogP contribution in [0.4, 0.5) is 5.69 Å². The molecule has 28 heavy (non-hydrogen) atoms. The van der Waals surface area contributed by atoms with Crippen molar-refractivity contribution in [2.75, 3.05) is 38.2 Å². The maximum atomic E-state index is 6.35. The second kappa shape index (κ2) is 9.15. The maximum Gasteiger partial charge on any atom is 0.213 e. The SMILES string of the molecule is COc1ccc(N2CCC(N3CCC(Cc4ccccc4Cl)CC3)CC2)cn1. The van der Waals surface area contributed by atoms with E-state index in [9.17, 15) is 0 Å². The lowest BCUT2D eigenvalue weighted by atomic mass is 9.88. The Labute approximate surface area is 173 Å². The van der Waals surface area contributed by atoms with E-state index in [1.165, 1.54) is 50.0 Å². The standard InChI is InChI=1S/C23H30ClN3O/c1-28-23-7-6-21(17-25-23)27-14-10-20(11-15-27)26-12-8-18(9-13-26)16-19-4-2-3-5-22(19)24/h2-7,17-18,20H,8-16H2,1H3. The third kappa shape index (κ3) is 4.61. The summed E-state index contributed by atoms with van der Waals surface area (Å²) >= 11 is 6.35. The predicted molar refractivity (Wildman–Crippen MR) is 115 cm³/mol. The molecule has 0 spiro atoms. The summed E-state index contributed by atoms with van der Waals surface area (Å²) in [5.41, 5.74) is 2.52. The van der Waals surface area contributed by atoms with Gasteiger partial charge in [0.1, 0.15) is 0 Å². The van der Waals surface area contributed by atoms with Crippen molar-refractivity contribution in [2.45, 2.75) is 38.1 Å². The number of anilines is 1. The van der Waals surface area contributed by atoms with Crippen molar-refractivity contribution in [3.63, 3.8) is 0 Å². The Bertz CT molecular complexity index is 751. The highest BCUT2D eigenvalue weighted by Crippen LogP contribution is 2.29. The van der Waals surface area contributed by atoms with E-state index in [4.69, 9.17) is 16.3 Å². The van der Waals surface area contributed by atoms with Crippen molar-refractivity contribution >= 4 is 17.3 Å². The Morgan fingerprint density at radius 1 is 1.00 bits per heavy atom. The normalized spacial score (nSPS) is 19.7. The molecule has 4 rings (SSSR count). The van der Waals surface area contributed by atoms with E-state index in [0.29, 0.717) is 5.88 Å². The second-order valence-electron chi connectivity index (χ2n) is 8.05. The van der Waals surface area contributed by atoms with Gasteiger partial charge in [0, 0.05) is 30.2 Å². The molecule has 0 aliphatic carbocycles. The molecule has 2 fully saturated rings. The van der Waals surface area contributed by atoms with Gasteiger partial charge in [-0.2, -0.15) is 0 Å². The molecule has 1 aromatic carbocycles. The molecule has 0 unspecified atom stereocenters. The molecule has 2 saturated heterocycles. The third-order valence-electron chi connectivity index (χ3n) is 6.39. The number of ether oxygens (including phenoxy) is 1. The van der Waals surface area contributed by atoms with Crippen LogP contribution in [0.2, 0.25) is 5.02 Å². The number of halogens is 1. The van der Waals surface area contributed by atoms with Gasteiger partial charge in [-0.1, -0.05) is 29.8 Å². The van der Waals surface area contributed by atoms with Gasteiger partial charge in [0.15, 0.2) is 0 Å². The fraction of sp³-hybridized carbons (Fsp3) is 0.522. The van der Waals surface area contributed by atoms with E-state index in [1.807, 2.05) is 24.4 Å². The van der Waals surface area contributed by atoms with Crippen LogP contribution in [-0.4, -0.2) is 49.2 Å². The van der Waals surface area contributed by atoms with Gasteiger partial charge in [-0.15, -0.1) is 0 Å². The average molecular weight is 400 g/mol. The minimum atomic E-state index is 0.679. The lowest BCUT2D eigenvalue weighted by molar-refractivity contribution is 0.115. The first kappa shape index (κ1) is 19.5. The van der Waals surface area contributed by atoms with Crippen LogP contribution < -0.4 is 9.64 Å². The molecule has 0 N–H and O–H groups in total.